The number of rotatable bonds is 3. The summed E-state index contributed by atoms with van der Waals surface area (Å²) >= 11 is 6.74. The number of carbonyl (C=O) groups is 1. The molecule has 0 aliphatic rings. The predicted molar refractivity (Wildman–Crippen MR) is 66.0 cm³/mol. The maximum atomic E-state index is 10.9. The molecule has 0 saturated carbocycles. The van der Waals surface area contributed by atoms with E-state index in [0.717, 1.165) is 11.3 Å². The first-order valence-corrected chi connectivity index (χ1v) is 5.69. The van der Waals surface area contributed by atoms with Gasteiger partial charge in [-0.05, 0) is 23.0 Å². The first kappa shape index (κ1) is 11.6. The summed E-state index contributed by atoms with van der Waals surface area (Å²) < 4.78 is 0. The molecule has 6 nitrogen and oxygen atoms in total. The fourth-order valence-corrected chi connectivity index (χ4v) is 1.99. The molecule has 0 spiro atoms. The van der Waals surface area contributed by atoms with Crippen LogP contribution in [0.15, 0.2) is 17.6 Å². The van der Waals surface area contributed by atoms with Gasteiger partial charge < -0.3 is 16.2 Å². The van der Waals surface area contributed by atoms with Crippen LogP contribution in [-0.4, -0.2) is 21.0 Å². The van der Waals surface area contributed by atoms with Crippen LogP contribution in [0.3, 0.4) is 0 Å². The summed E-state index contributed by atoms with van der Waals surface area (Å²) in [5.41, 5.74) is 6.35. The van der Waals surface area contributed by atoms with Crippen molar-refractivity contribution in [1.29, 1.82) is 0 Å². The Kier molecular flexibility index (Phi) is 3.12. The van der Waals surface area contributed by atoms with E-state index in [4.69, 9.17) is 22.4 Å². The zero-order chi connectivity index (χ0) is 12.4. The predicted octanol–water partition coefficient (Wildman–Crippen LogP) is 2.22. The van der Waals surface area contributed by atoms with Crippen molar-refractivity contribution in [2.24, 2.45) is 0 Å². The number of nitrogens with zero attached hydrogens (tertiary/aromatic N) is 2. The third-order valence-electron chi connectivity index (χ3n) is 1.90. The lowest BCUT2D eigenvalue weighted by molar-refractivity contribution is 0.0703. The minimum Gasteiger partial charge on any atom is -0.477 e. The van der Waals surface area contributed by atoms with Gasteiger partial charge in [0.1, 0.15) is 4.88 Å². The summed E-state index contributed by atoms with van der Waals surface area (Å²) in [5, 5.41) is 13.4. The Bertz CT molecular complexity index is 572. The van der Waals surface area contributed by atoms with Crippen LogP contribution < -0.4 is 11.1 Å². The summed E-state index contributed by atoms with van der Waals surface area (Å²) in [7, 11) is 0. The summed E-state index contributed by atoms with van der Waals surface area (Å²) in [6.45, 7) is 0. The number of anilines is 3. The number of carboxylic acid groups (broad SMARTS) is 1. The fourth-order valence-electron chi connectivity index (χ4n) is 1.17. The molecule has 0 radical (unpaired) electrons. The Labute approximate surface area is 105 Å². The number of aromatic carboxylic acids is 1. The van der Waals surface area contributed by atoms with Gasteiger partial charge in [0.2, 0.25) is 5.28 Å². The van der Waals surface area contributed by atoms with Crippen LogP contribution >= 0.6 is 22.9 Å². The highest BCUT2D eigenvalue weighted by atomic mass is 35.5. The maximum absolute atomic E-state index is 10.9. The number of nitrogens with one attached hydrogen (secondary N) is 1. The van der Waals surface area contributed by atoms with Gasteiger partial charge in [-0.15, -0.1) is 11.3 Å². The Morgan fingerprint density at radius 2 is 2.35 bits per heavy atom. The topological polar surface area (TPSA) is 101 Å². The van der Waals surface area contributed by atoms with E-state index >= 15 is 0 Å². The average molecular weight is 271 g/mol. The summed E-state index contributed by atoms with van der Waals surface area (Å²) in [6.07, 6.45) is 1.35. The van der Waals surface area contributed by atoms with Crippen molar-refractivity contribution >= 4 is 46.1 Å². The second-order valence-corrected chi connectivity index (χ2v) is 4.29. The number of hydrogen-bond acceptors (Lipinski definition) is 6. The zero-order valence-electron chi connectivity index (χ0n) is 8.35. The van der Waals surface area contributed by atoms with Crippen LogP contribution in [-0.2, 0) is 0 Å². The molecule has 0 atom stereocenters. The molecule has 8 heteroatoms. The second kappa shape index (κ2) is 4.56. The molecule has 0 unspecified atom stereocenters. The number of aromatic nitrogens is 2. The average Bonchev–Trinajstić information content (AvgIpc) is 2.71. The van der Waals surface area contributed by atoms with Crippen molar-refractivity contribution in [3.63, 3.8) is 0 Å². The maximum Gasteiger partial charge on any atom is 0.348 e. The number of carboxylic acids is 1. The lowest BCUT2D eigenvalue weighted by Gasteiger charge is -2.07. The van der Waals surface area contributed by atoms with E-state index in [9.17, 15) is 4.79 Å². The first-order chi connectivity index (χ1) is 8.08. The van der Waals surface area contributed by atoms with E-state index in [1.807, 2.05) is 0 Å². The lowest BCUT2D eigenvalue weighted by Crippen LogP contribution is -2.03. The highest BCUT2D eigenvalue weighted by molar-refractivity contribution is 7.12. The van der Waals surface area contributed by atoms with Gasteiger partial charge in [-0.1, -0.05) is 0 Å². The van der Waals surface area contributed by atoms with Crippen LogP contribution in [0.5, 0.6) is 0 Å². The molecule has 4 N–H and O–H groups in total. The summed E-state index contributed by atoms with van der Waals surface area (Å²) in [5.74, 6) is -0.730. The molecule has 2 heterocycles. The summed E-state index contributed by atoms with van der Waals surface area (Å²) in [6, 6.07) is 1.63. The van der Waals surface area contributed by atoms with Crippen LogP contribution in [0.25, 0.3) is 0 Å². The quantitative estimate of drug-likeness (QED) is 0.739. The van der Waals surface area contributed by atoms with E-state index in [0.29, 0.717) is 5.69 Å². The fraction of sp³-hybridized carbons (Fsp3) is 0. The molecular formula is C9H7ClN4O2S. The summed E-state index contributed by atoms with van der Waals surface area (Å²) in [4.78, 5) is 18.7. The second-order valence-electron chi connectivity index (χ2n) is 3.04. The molecule has 0 aliphatic heterocycles. The van der Waals surface area contributed by atoms with Crippen molar-refractivity contribution in [2.75, 3.05) is 11.1 Å². The van der Waals surface area contributed by atoms with Gasteiger partial charge in [0.25, 0.3) is 0 Å². The molecule has 2 aromatic rings. The number of thiophene rings is 1. The number of nitrogen functional groups attached to an aromatic ring is 1. The van der Waals surface area contributed by atoms with E-state index in [1.54, 1.807) is 11.4 Å². The zero-order valence-corrected chi connectivity index (χ0v) is 9.92. The Hall–Kier alpha value is -1.86. The molecule has 0 fully saturated rings. The highest BCUT2D eigenvalue weighted by Crippen LogP contribution is 2.27. The van der Waals surface area contributed by atoms with E-state index in [-0.39, 0.29) is 21.7 Å². The number of halogens is 1. The van der Waals surface area contributed by atoms with Crippen LogP contribution in [0, 0.1) is 0 Å². The number of nitrogens with two attached hydrogens (primary N) is 1. The van der Waals surface area contributed by atoms with Gasteiger partial charge in [-0.2, -0.15) is 4.98 Å². The van der Waals surface area contributed by atoms with Crippen LogP contribution in [0.4, 0.5) is 17.2 Å². The number of hydrogen-bond donors (Lipinski definition) is 3. The molecule has 0 saturated heterocycles. The van der Waals surface area contributed by atoms with Gasteiger partial charge in [-0.25, -0.2) is 9.78 Å². The molecule has 0 aromatic carbocycles. The Balaban J connectivity index is 2.34. The molecule has 2 rings (SSSR count). The van der Waals surface area contributed by atoms with Crippen molar-refractivity contribution in [3.05, 3.63) is 27.8 Å². The highest BCUT2D eigenvalue weighted by Gasteiger charge is 2.13. The molecule has 0 aliphatic carbocycles. The Morgan fingerprint density at radius 1 is 1.59 bits per heavy atom. The molecular weight excluding hydrogens is 264 g/mol. The molecule has 17 heavy (non-hydrogen) atoms. The van der Waals surface area contributed by atoms with Gasteiger partial charge >= 0.3 is 5.97 Å². The largest absolute Gasteiger partial charge is 0.477 e. The normalized spacial score (nSPS) is 10.2. The Morgan fingerprint density at radius 3 is 3.06 bits per heavy atom. The minimum atomic E-state index is -1.01. The van der Waals surface area contributed by atoms with E-state index in [1.165, 1.54) is 6.20 Å². The first-order valence-electron chi connectivity index (χ1n) is 4.43. The monoisotopic (exact) mass is 270 g/mol. The van der Waals surface area contributed by atoms with Crippen molar-refractivity contribution < 1.29 is 9.90 Å². The van der Waals surface area contributed by atoms with Crippen molar-refractivity contribution in [1.82, 2.24) is 9.97 Å². The molecule has 2 aromatic heterocycles. The smallest absolute Gasteiger partial charge is 0.348 e. The van der Waals surface area contributed by atoms with Crippen LogP contribution in [0.2, 0.25) is 5.28 Å². The third kappa shape index (κ3) is 2.45. The van der Waals surface area contributed by atoms with Gasteiger partial charge in [0.15, 0.2) is 5.82 Å². The standard InChI is InChI=1S/C9H7ClN4O2S/c10-9-12-3-4(11)7(14-9)13-5-1-2-17-6(5)8(15)16/h1-3H,11H2,(H,15,16)(H,12,13,14). The van der Waals surface area contributed by atoms with Gasteiger partial charge in [0, 0.05) is 0 Å². The lowest BCUT2D eigenvalue weighted by atomic mass is 10.3. The minimum absolute atomic E-state index is 0.0359. The molecule has 0 bridgehead atoms. The van der Waals surface area contributed by atoms with Crippen molar-refractivity contribution in [2.45, 2.75) is 0 Å². The van der Waals surface area contributed by atoms with Crippen molar-refractivity contribution in [3.8, 4) is 0 Å². The van der Waals surface area contributed by atoms with E-state index < -0.39 is 5.97 Å². The SMILES string of the molecule is Nc1cnc(Cl)nc1Nc1ccsc1C(=O)O. The molecule has 88 valence electrons. The van der Waals surface area contributed by atoms with Gasteiger partial charge in [-0.3, -0.25) is 0 Å². The molecule has 0 amide bonds. The third-order valence-corrected chi connectivity index (χ3v) is 2.98. The van der Waals surface area contributed by atoms with E-state index in [2.05, 4.69) is 15.3 Å². The van der Waals surface area contributed by atoms with Gasteiger partial charge in [0.05, 0.1) is 17.6 Å². The van der Waals surface area contributed by atoms with Crippen LogP contribution in [0.1, 0.15) is 9.67 Å².